The highest BCUT2D eigenvalue weighted by Crippen LogP contribution is 2.26. The van der Waals surface area contributed by atoms with Crippen molar-refractivity contribution >= 4 is 50.7 Å². The first kappa shape index (κ1) is 15.2. The Bertz CT molecular complexity index is 634. The average Bonchev–Trinajstić information content (AvgIpc) is 2.43. The molecule has 1 N–H and O–H groups in total. The molecule has 0 saturated carbocycles. The van der Waals surface area contributed by atoms with Crippen LogP contribution in [-0.4, -0.2) is 12.5 Å². The summed E-state index contributed by atoms with van der Waals surface area (Å²) in [6, 6.07) is 12.2. The van der Waals surface area contributed by atoms with E-state index in [2.05, 4.69) is 21.2 Å². The van der Waals surface area contributed by atoms with Crippen molar-refractivity contribution in [1.82, 2.24) is 0 Å². The van der Waals surface area contributed by atoms with Crippen molar-refractivity contribution in [3.05, 3.63) is 57.0 Å². The highest BCUT2D eigenvalue weighted by molar-refractivity contribution is 9.10. The van der Waals surface area contributed by atoms with Crippen LogP contribution in [0.25, 0.3) is 0 Å². The number of carbonyl (C=O) groups is 1. The first-order valence-electron chi connectivity index (χ1n) is 5.68. The molecule has 20 heavy (non-hydrogen) atoms. The Labute approximate surface area is 135 Å². The molecule has 0 atom stereocenters. The van der Waals surface area contributed by atoms with Crippen molar-refractivity contribution in [2.45, 2.75) is 0 Å². The van der Waals surface area contributed by atoms with Crippen molar-refractivity contribution in [2.75, 3.05) is 11.9 Å². The molecule has 0 aliphatic rings. The maximum atomic E-state index is 11.8. The monoisotopic (exact) mass is 373 g/mol. The number of nitrogens with one attached hydrogen (secondary N) is 1. The van der Waals surface area contributed by atoms with E-state index >= 15 is 0 Å². The zero-order valence-electron chi connectivity index (χ0n) is 10.2. The molecular formula is C14H10BrCl2NO2. The van der Waals surface area contributed by atoms with Crippen LogP contribution in [0.3, 0.4) is 0 Å². The van der Waals surface area contributed by atoms with E-state index in [0.29, 0.717) is 21.5 Å². The Morgan fingerprint density at radius 3 is 2.60 bits per heavy atom. The third-order valence-corrected chi connectivity index (χ3v) is 3.84. The SMILES string of the molecule is O=C(COc1ccc(Cl)c(Cl)c1)Nc1ccccc1Br. The van der Waals surface area contributed by atoms with Crippen LogP contribution in [0.1, 0.15) is 0 Å². The highest BCUT2D eigenvalue weighted by Gasteiger charge is 2.07. The number of hydrogen-bond acceptors (Lipinski definition) is 2. The van der Waals surface area contributed by atoms with Gasteiger partial charge in [-0.25, -0.2) is 0 Å². The average molecular weight is 375 g/mol. The van der Waals surface area contributed by atoms with Crippen LogP contribution in [0.15, 0.2) is 46.9 Å². The number of carbonyl (C=O) groups excluding carboxylic acids is 1. The predicted molar refractivity (Wildman–Crippen MR) is 84.7 cm³/mol. The van der Waals surface area contributed by atoms with Gasteiger partial charge in [0.25, 0.3) is 5.91 Å². The van der Waals surface area contributed by atoms with Gasteiger partial charge >= 0.3 is 0 Å². The third-order valence-electron chi connectivity index (χ3n) is 2.41. The van der Waals surface area contributed by atoms with E-state index in [0.717, 1.165) is 4.47 Å². The molecule has 0 aromatic heterocycles. The number of para-hydroxylation sites is 1. The van der Waals surface area contributed by atoms with E-state index in [1.807, 2.05) is 18.2 Å². The number of rotatable bonds is 4. The van der Waals surface area contributed by atoms with Gasteiger partial charge in [-0.1, -0.05) is 35.3 Å². The molecule has 0 saturated heterocycles. The second-order valence-electron chi connectivity index (χ2n) is 3.89. The van der Waals surface area contributed by atoms with Crippen LogP contribution in [0.2, 0.25) is 10.0 Å². The van der Waals surface area contributed by atoms with E-state index < -0.39 is 0 Å². The van der Waals surface area contributed by atoms with Gasteiger partial charge in [-0.2, -0.15) is 0 Å². The standard InChI is InChI=1S/C14H10BrCl2NO2/c15-10-3-1-2-4-13(10)18-14(19)8-20-9-5-6-11(16)12(17)7-9/h1-7H,8H2,(H,18,19). The Hall–Kier alpha value is -1.23. The van der Waals surface area contributed by atoms with E-state index in [-0.39, 0.29) is 12.5 Å². The first-order chi connectivity index (χ1) is 9.56. The number of halogens is 3. The molecule has 0 unspecified atom stereocenters. The van der Waals surface area contributed by atoms with Gasteiger partial charge in [0.2, 0.25) is 0 Å². The van der Waals surface area contributed by atoms with Gasteiger partial charge in [0.05, 0.1) is 15.7 Å². The zero-order valence-corrected chi connectivity index (χ0v) is 13.3. The van der Waals surface area contributed by atoms with Crippen LogP contribution in [0.5, 0.6) is 5.75 Å². The lowest BCUT2D eigenvalue weighted by Crippen LogP contribution is -2.20. The predicted octanol–water partition coefficient (Wildman–Crippen LogP) is 4.77. The molecule has 0 heterocycles. The molecule has 0 bridgehead atoms. The largest absolute Gasteiger partial charge is 0.484 e. The molecule has 0 aliphatic heterocycles. The van der Waals surface area contributed by atoms with Gasteiger partial charge in [0.1, 0.15) is 5.75 Å². The molecule has 0 aliphatic carbocycles. The zero-order chi connectivity index (χ0) is 14.5. The summed E-state index contributed by atoms with van der Waals surface area (Å²) in [7, 11) is 0. The Kier molecular flexibility index (Phi) is 5.29. The molecule has 2 aromatic rings. The van der Waals surface area contributed by atoms with Crippen LogP contribution in [-0.2, 0) is 4.79 Å². The summed E-state index contributed by atoms with van der Waals surface area (Å²) >= 11 is 15.0. The second kappa shape index (κ2) is 6.97. The van der Waals surface area contributed by atoms with Crippen molar-refractivity contribution in [3.63, 3.8) is 0 Å². The summed E-state index contributed by atoms with van der Waals surface area (Å²) in [4.78, 5) is 11.8. The fraction of sp³-hybridized carbons (Fsp3) is 0.0714. The molecule has 6 heteroatoms. The van der Waals surface area contributed by atoms with Gasteiger partial charge in [0.15, 0.2) is 6.61 Å². The third kappa shape index (κ3) is 4.13. The van der Waals surface area contributed by atoms with Crippen LogP contribution < -0.4 is 10.1 Å². The summed E-state index contributed by atoms with van der Waals surface area (Å²) in [6.07, 6.45) is 0. The maximum Gasteiger partial charge on any atom is 0.262 e. The van der Waals surface area contributed by atoms with Crippen LogP contribution in [0, 0.1) is 0 Å². The Morgan fingerprint density at radius 1 is 1.15 bits per heavy atom. The van der Waals surface area contributed by atoms with Gasteiger partial charge in [-0.05, 0) is 40.2 Å². The van der Waals surface area contributed by atoms with E-state index in [1.54, 1.807) is 24.3 Å². The quantitative estimate of drug-likeness (QED) is 0.836. The van der Waals surface area contributed by atoms with Gasteiger partial charge in [0, 0.05) is 10.5 Å². The minimum Gasteiger partial charge on any atom is -0.484 e. The van der Waals surface area contributed by atoms with Crippen molar-refractivity contribution < 1.29 is 9.53 Å². The Morgan fingerprint density at radius 2 is 1.90 bits per heavy atom. The smallest absolute Gasteiger partial charge is 0.262 e. The topological polar surface area (TPSA) is 38.3 Å². The van der Waals surface area contributed by atoms with Crippen molar-refractivity contribution in [1.29, 1.82) is 0 Å². The lowest BCUT2D eigenvalue weighted by molar-refractivity contribution is -0.118. The molecular weight excluding hydrogens is 365 g/mol. The maximum absolute atomic E-state index is 11.8. The number of benzene rings is 2. The van der Waals surface area contributed by atoms with Crippen LogP contribution in [0.4, 0.5) is 5.69 Å². The van der Waals surface area contributed by atoms with E-state index in [9.17, 15) is 4.79 Å². The molecule has 3 nitrogen and oxygen atoms in total. The fourth-order valence-electron chi connectivity index (χ4n) is 1.46. The van der Waals surface area contributed by atoms with Crippen LogP contribution >= 0.6 is 39.1 Å². The second-order valence-corrected chi connectivity index (χ2v) is 5.56. The molecule has 2 aromatic carbocycles. The fourth-order valence-corrected chi connectivity index (χ4v) is 2.14. The summed E-state index contributed by atoms with van der Waals surface area (Å²) in [5, 5.41) is 3.56. The lowest BCUT2D eigenvalue weighted by atomic mass is 10.3. The summed E-state index contributed by atoms with van der Waals surface area (Å²) in [5.74, 6) is 0.227. The highest BCUT2D eigenvalue weighted by atomic mass is 79.9. The molecule has 1 amide bonds. The number of anilines is 1. The minimum atomic E-state index is -0.261. The number of amides is 1. The Balaban J connectivity index is 1.92. The van der Waals surface area contributed by atoms with Gasteiger partial charge < -0.3 is 10.1 Å². The molecule has 104 valence electrons. The molecule has 0 spiro atoms. The normalized spacial score (nSPS) is 10.2. The van der Waals surface area contributed by atoms with E-state index in [4.69, 9.17) is 27.9 Å². The summed E-state index contributed by atoms with van der Waals surface area (Å²) in [5.41, 5.74) is 0.690. The molecule has 2 rings (SSSR count). The minimum absolute atomic E-state index is 0.112. The first-order valence-corrected chi connectivity index (χ1v) is 7.23. The number of ether oxygens (including phenoxy) is 1. The molecule has 0 fully saturated rings. The number of hydrogen-bond donors (Lipinski definition) is 1. The lowest BCUT2D eigenvalue weighted by Gasteiger charge is -2.09. The van der Waals surface area contributed by atoms with Gasteiger partial charge in [-0.15, -0.1) is 0 Å². The van der Waals surface area contributed by atoms with Gasteiger partial charge in [-0.3, -0.25) is 4.79 Å². The summed E-state index contributed by atoms with van der Waals surface area (Å²) in [6.45, 7) is -0.112. The van der Waals surface area contributed by atoms with Crippen molar-refractivity contribution in [2.24, 2.45) is 0 Å². The molecule has 0 radical (unpaired) electrons. The van der Waals surface area contributed by atoms with Crippen molar-refractivity contribution in [3.8, 4) is 5.75 Å². The van der Waals surface area contributed by atoms with E-state index in [1.165, 1.54) is 0 Å². The summed E-state index contributed by atoms with van der Waals surface area (Å²) < 4.78 is 6.15.